The summed E-state index contributed by atoms with van der Waals surface area (Å²) in [4.78, 5) is 54.8. The van der Waals surface area contributed by atoms with Crippen LogP contribution >= 0.6 is 11.6 Å². The number of pyridine rings is 2. The monoisotopic (exact) mass is 991 g/mol. The number of methoxy groups -OCH3 is 2. The molecule has 4 N–H and O–H groups in total. The van der Waals surface area contributed by atoms with E-state index in [9.17, 15) is 9.59 Å². The van der Waals surface area contributed by atoms with E-state index < -0.39 is 0 Å². The minimum atomic E-state index is -0.0866. The number of aromatic nitrogens is 10. The van der Waals surface area contributed by atoms with E-state index in [1.807, 2.05) is 115 Å². The number of nitrogens with one attached hydrogen (secondary N) is 2. The SMILES string of the molecule is C.COc1c(Nc2cc(Cc3cc(C)nc(C)n3)nc3c2C(=O)N(C)C3)cccc1-c1ccn(C)n1.COc1c(Nc2cc(Cl)nc3c2C(=O)N(C)C3)cccc1-c1ccn(C)n1.Cc1cc(N)nc(C)n1. The van der Waals surface area contributed by atoms with Crippen molar-refractivity contribution in [3.63, 3.8) is 0 Å². The summed E-state index contributed by atoms with van der Waals surface area (Å²) in [5.74, 6) is 3.14. The number of carbonyl (C=O) groups excluding carboxylic acids is 2. The molecule has 6 aromatic heterocycles. The Bertz CT molecular complexity index is 3250. The zero-order valence-electron chi connectivity index (χ0n) is 41.2. The lowest BCUT2D eigenvalue weighted by Crippen LogP contribution is -2.18. The van der Waals surface area contributed by atoms with Crippen molar-refractivity contribution in [1.29, 1.82) is 0 Å². The zero-order valence-corrected chi connectivity index (χ0v) is 41.9. The standard InChI is InChI=1S/C26H27N7O2.C19H18ClN5O2.C6H9N3.CH4/c1-15-11-17(28-16(2)27-15)12-18-13-22(24-23(29-18)14-32(3)26(24)34)30-21-8-6-7-19(25(21)35-5)20-9-10-33(4)31-20;1-24-10-15-17(19(24)26)14(9-16(20)22-15)21-13-6-4-5-11(18(13)27-3)12-7-8-25(2)23-12;1-4-3-6(7)9-5(2)8-4;/h6-11,13H,12,14H2,1-5H3,(H,29,30);4-9H,10H2,1-3H3,(H,21,22);3H,1-2H3,(H2,7,8,9);1H4. The van der Waals surface area contributed by atoms with Crippen molar-refractivity contribution in [2.24, 2.45) is 14.1 Å². The first-order chi connectivity index (χ1) is 34.0. The summed E-state index contributed by atoms with van der Waals surface area (Å²) in [7, 11) is 10.5. The molecule has 0 aliphatic carbocycles. The Morgan fingerprint density at radius 3 is 1.53 bits per heavy atom. The number of para-hydroxylation sites is 2. The maximum absolute atomic E-state index is 13.0. The van der Waals surface area contributed by atoms with Gasteiger partial charge in [-0.3, -0.25) is 23.9 Å². The third kappa shape index (κ3) is 11.3. The van der Waals surface area contributed by atoms with Crippen molar-refractivity contribution < 1.29 is 19.1 Å². The van der Waals surface area contributed by atoms with Gasteiger partial charge in [0.25, 0.3) is 11.8 Å². The molecule has 8 aromatic rings. The van der Waals surface area contributed by atoms with Gasteiger partial charge in [-0.2, -0.15) is 10.2 Å². The summed E-state index contributed by atoms with van der Waals surface area (Å²) in [5, 5.41) is 16.1. The molecule has 2 aromatic carbocycles. The number of benzene rings is 2. The van der Waals surface area contributed by atoms with Crippen LogP contribution in [0.25, 0.3) is 22.5 Å². The molecule has 19 nitrogen and oxygen atoms in total. The Hall–Kier alpha value is -8.45. The maximum Gasteiger partial charge on any atom is 0.257 e. The second-order valence-electron chi connectivity index (χ2n) is 17.1. The van der Waals surface area contributed by atoms with Crippen LogP contribution in [-0.4, -0.2) is 99.4 Å². The van der Waals surface area contributed by atoms with Crippen LogP contribution in [0, 0.1) is 27.7 Å². The number of rotatable bonds is 10. The van der Waals surface area contributed by atoms with Gasteiger partial charge in [0.2, 0.25) is 0 Å². The number of carbonyl (C=O) groups is 2. The Labute approximate surface area is 423 Å². The number of nitrogens with zero attached hydrogens (tertiary/aromatic N) is 12. The molecule has 0 radical (unpaired) electrons. The van der Waals surface area contributed by atoms with Crippen molar-refractivity contribution >= 4 is 52.0 Å². The van der Waals surface area contributed by atoms with E-state index in [2.05, 4.69) is 45.8 Å². The number of ether oxygens (including phenoxy) is 2. The van der Waals surface area contributed by atoms with Crippen molar-refractivity contribution in [2.45, 2.75) is 54.6 Å². The van der Waals surface area contributed by atoms with Gasteiger partial charge >= 0.3 is 0 Å². The Morgan fingerprint density at radius 1 is 0.597 bits per heavy atom. The minimum Gasteiger partial charge on any atom is -0.494 e. The number of hydrogen-bond donors (Lipinski definition) is 3. The van der Waals surface area contributed by atoms with E-state index in [0.29, 0.717) is 75.9 Å². The first-order valence-electron chi connectivity index (χ1n) is 22.5. The highest BCUT2D eigenvalue weighted by Gasteiger charge is 2.32. The fourth-order valence-electron chi connectivity index (χ4n) is 8.53. The van der Waals surface area contributed by atoms with Crippen molar-refractivity contribution in [3.05, 3.63) is 147 Å². The highest BCUT2D eigenvalue weighted by molar-refractivity contribution is 6.30. The van der Waals surface area contributed by atoms with Crippen LogP contribution in [0.1, 0.15) is 74.0 Å². The number of amides is 2. The smallest absolute Gasteiger partial charge is 0.257 e. The van der Waals surface area contributed by atoms with E-state index in [1.54, 1.807) is 59.6 Å². The van der Waals surface area contributed by atoms with Gasteiger partial charge in [-0.05, 0) is 82.3 Å². The first kappa shape index (κ1) is 51.4. The molecule has 20 heteroatoms. The normalized spacial score (nSPS) is 12.3. The van der Waals surface area contributed by atoms with Crippen molar-refractivity contribution in [2.75, 3.05) is 44.7 Å². The van der Waals surface area contributed by atoms with Crippen molar-refractivity contribution in [3.8, 4) is 34.0 Å². The van der Waals surface area contributed by atoms with E-state index in [4.69, 9.17) is 31.8 Å². The van der Waals surface area contributed by atoms with Crippen LogP contribution in [0.5, 0.6) is 11.5 Å². The summed E-state index contributed by atoms with van der Waals surface area (Å²) in [6.45, 7) is 8.45. The average molecular weight is 993 g/mol. The largest absolute Gasteiger partial charge is 0.494 e. The molecule has 2 amide bonds. The topological polar surface area (TPSA) is 222 Å². The van der Waals surface area contributed by atoms with Crippen LogP contribution in [-0.2, 0) is 33.6 Å². The van der Waals surface area contributed by atoms with Crippen LogP contribution in [0.4, 0.5) is 28.6 Å². The molecule has 0 spiro atoms. The molecule has 72 heavy (non-hydrogen) atoms. The number of nitrogens with two attached hydrogens (primary N) is 1. The molecule has 0 atom stereocenters. The highest BCUT2D eigenvalue weighted by Crippen LogP contribution is 2.41. The van der Waals surface area contributed by atoms with E-state index in [-0.39, 0.29) is 19.2 Å². The average Bonchev–Trinajstić information content (AvgIpc) is 4.08. The molecule has 2 aliphatic heterocycles. The lowest BCUT2D eigenvalue weighted by atomic mass is 10.1. The van der Waals surface area contributed by atoms with Gasteiger partial charge in [-0.25, -0.2) is 24.9 Å². The Balaban J connectivity index is 0.000000182. The van der Waals surface area contributed by atoms with Gasteiger partial charge < -0.3 is 35.6 Å². The Kier molecular flexibility index (Phi) is 15.5. The van der Waals surface area contributed by atoms with Crippen LogP contribution in [0.15, 0.2) is 85.2 Å². The summed E-state index contributed by atoms with van der Waals surface area (Å²) < 4.78 is 14.9. The quantitative estimate of drug-likeness (QED) is 0.109. The van der Waals surface area contributed by atoms with Crippen LogP contribution in [0.2, 0.25) is 5.15 Å². The predicted octanol–water partition coefficient (Wildman–Crippen LogP) is 8.60. The number of anilines is 5. The van der Waals surface area contributed by atoms with Gasteiger partial charge in [-0.15, -0.1) is 0 Å². The second kappa shape index (κ2) is 21.7. The zero-order chi connectivity index (χ0) is 50.7. The fourth-order valence-corrected chi connectivity index (χ4v) is 8.74. The third-order valence-corrected chi connectivity index (χ3v) is 11.6. The molecule has 8 heterocycles. The lowest BCUT2D eigenvalue weighted by molar-refractivity contribution is 0.0809. The van der Waals surface area contributed by atoms with Gasteiger partial charge in [0.1, 0.15) is 22.6 Å². The number of fused-ring (bicyclic) bond motifs is 2. The molecule has 0 fully saturated rings. The van der Waals surface area contributed by atoms with E-state index >= 15 is 0 Å². The lowest BCUT2D eigenvalue weighted by Gasteiger charge is -2.17. The van der Waals surface area contributed by atoms with Gasteiger partial charge in [-0.1, -0.05) is 31.2 Å². The molecular weight excluding hydrogens is 934 g/mol. The number of halogens is 1. The number of hydrogen-bond acceptors (Lipinski definition) is 15. The molecule has 10 rings (SSSR count). The van der Waals surface area contributed by atoms with Crippen LogP contribution in [0.3, 0.4) is 0 Å². The summed E-state index contributed by atoms with van der Waals surface area (Å²) in [6, 6.07) is 22.7. The number of nitrogen functional groups attached to an aromatic ring is 1. The first-order valence-corrected chi connectivity index (χ1v) is 22.9. The maximum atomic E-state index is 13.0. The van der Waals surface area contributed by atoms with Crippen molar-refractivity contribution in [1.82, 2.24) is 59.3 Å². The molecule has 0 unspecified atom stereocenters. The minimum absolute atomic E-state index is 0. The summed E-state index contributed by atoms with van der Waals surface area (Å²) in [6.07, 6.45) is 4.30. The van der Waals surface area contributed by atoms with Gasteiger partial charge in [0.05, 0.1) is 89.7 Å². The van der Waals surface area contributed by atoms with E-state index in [1.165, 1.54) is 0 Å². The molecular formula is C52H58ClN15O4. The van der Waals surface area contributed by atoms with Gasteiger partial charge in [0.15, 0.2) is 11.5 Å². The molecule has 0 saturated heterocycles. The van der Waals surface area contributed by atoms with Crippen LogP contribution < -0.4 is 25.8 Å². The second-order valence-corrected chi connectivity index (χ2v) is 17.5. The van der Waals surface area contributed by atoms with Gasteiger partial charge in [0, 0.05) is 81.3 Å². The van der Waals surface area contributed by atoms with E-state index in [0.717, 1.165) is 68.3 Å². The molecule has 2 aliphatic rings. The number of aryl methyl sites for hydroxylation is 6. The fraction of sp³-hybridized carbons (Fsp3) is 0.269. The highest BCUT2D eigenvalue weighted by atomic mass is 35.5. The Morgan fingerprint density at radius 2 is 1.07 bits per heavy atom. The summed E-state index contributed by atoms with van der Waals surface area (Å²) >= 11 is 6.17. The molecule has 0 saturated carbocycles. The molecule has 0 bridgehead atoms. The predicted molar refractivity (Wildman–Crippen MR) is 279 cm³/mol. The molecule has 372 valence electrons. The summed E-state index contributed by atoms with van der Waals surface area (Å²) in [5.41, 5.74) is 17.6. The third-order valence-electron chi connectivity index (χ3n) is 11.4.